The normalized spacial score (nSPS) is 14.2. The smallest absolute Gasteiger partial charge is 0.0352 e. The molecule has 1 nitrogen and oxygen atoms in total. The van der Waals surface area contributed by atoms with E-state index in [-0.39, 0.29) is 0 Å². The fraction of sp³-hybridized carbons (Fsp3) is 0.545. The van der Waals surface area contributed by atoms with Crippen molar-refractivity contribution in [2.24, 2.45) is 10.9 Å². The predicted molar refractivity (Wildman–Crippen MR) is 55.4 cm³/mol. The Morgan fingerprint density at radius 3 is 2.08 bits per heavy atom. The summed E-state index contributed by atoms with van der Waals surface area (Å²) in [6, 6.07) is 0. The molecule has 0 saturated carbocycles. The molecule has 0 rings (SSSR count). The van der Waals surface area contributed by atoms with Crippen LogP contribution in [0.15, 0.2) is 16.1 Å². The number of rotatable bonds is 2. The van der Waals surface area contributed by atoms with Crippen molar-refractivity contribution in [3.05, 3.63) is 11.1 Å². The fourth-order valence-electron chi connectivity index (χ4n) is 1.07. The summed E-state index contributed by atoms with van der Waals surface area (Å²) in [5.41, 5.74) is 3.21. The van der Waals surface area contributed by atoms with E-state index in [1.54, 1.807) is 7.05 Å². The first-order valence-corrected chi connectivity index (χ1v) is 4.15. The second-order valence-corrected chi connectivity index (χ2v) is 3.15. The summed E-state index contributed by atoms with van der Waals surface area (Å²) in [6.07, 6.45) is 5.40. The maximum atomic E-state index is 5.40. The molecule has 0 aliphatic heterocycles. The Kier molecular flexibility index (Phi) is 4.36. The molecule has 0 amide bonds. The highest BCUT2D eigenvalue weighted by atomic mass is 14.7. The summed E-state index contributed by atoms with van der Waals surface area (Å²) in [5, 5.41) is 0. The minimum atomic E-state index is 0.409. The van der Waals surface area contributed by atoms with Crippen LogP contribution in [0, 0.1) is 18.3 Å². The lowest BCUT2D eigenvalue weighted by molar-refractivity contribution is 0.792. The van der Waals surface area contributed by atoms with Gasteiger partial charge in [0, 0.05) is 18.3 Å². The van der Waals surface area contributed by atoms with Crippen LogP contribution in [0.2, 0.25) is 0 Å². The van der Waals surface area contributed by atoms with E-state index in [9.17, 15) is 0 Å². The van der Waals surface area contributed by atoms with Crippen LogP contribution in [0.3, 0.4) is 0 Å². The first kappa shape index (κ1) is 11.0. The van der Waals surface area contributed by atoms with Crippen molar-refractivity contribution in [3.63, 3.8) is 0 Å². The highest BCUT2D eigenvalue weighted by Crippen LogP contribution is 2.14. The summed E-state index contributed by atoms with van der Waals surface area (Å²) in [4.78, 5) is 4.10. The van der Waals surface area contributed by atoms with Gasteiger partial charge in [-0.15, -0.1) is 6.42 Å². The molecule has 0 bridgehead atoms. The molecule has 12 heavy (non-hydrogen) atoms. The quantitative estimate of drug-likeness (QED) is 0.438. The molecular weight excluding hydrogens is 146 g/mol. The Balaban J connectivity index is 5.02. The molecule has 0 saturated heterocycles. The Hall–Kier alpha value is -1.03. The molecule has 66 valence electrons. The number of hydrogen-bond acceptors (Lipinski definition) is 1. The minimum absolute atomic E-state index is 0.409. The van der Waals surface area contributed by atoms with Gasteiger partial charge in [-0.25, -0.2) is 0 Å². The van der Waals surface area contributed by atoms with Crippen molar-refractivity contribution in [1.82, 2.24) is 0 Å². The minimum Gasteiger partial charge on any atom is -0.293 e. The van der Waals surface area contributed by atoms with Crippen LogP contribution in [-0.4, -0.2) is 12.8 Å². The largest absolute Gasteiger partial charge is 0.293 e. The Labute approximate surface area is 75.6 Å². The molecule has 0 spiro atoms. The summed E-state index contributed by atoms with van der Waals surface area (Å²) in [7, 11) is 1.79. The average molecular weight is 163 g/mol. The van der Waals surface area contributed by atoms with Crippen LogP contribution in [0.4, 0.5) is 0 Å². The Morgan fingerprint density at radius 2 is 1.83 bits per heavy atom. The highest BCUT2D eigenvalue weighted by molar-refractivity contribution is 5.98. The highest BCUT2D eigenvalue weighted by Gasteiger charge is 2.05. The van der Waals surface area contributed by atoms with Gasteiger partial charge in [-0.3, -0.25) is 4.99 Å². The van der Waals surface area contributed by atoms with E-state index in [4.69, 9.17) is 6.42 Å². The third-order valence-electron chi connectivity index (χ3n) is 2.01. The third kappa shape index (κ3) is 2.54. The molecule has 0 fully saturated rings. The van der Waals surface area contributed by atoms with Gasteiger partial charge in [-0.1, -0.05) is 19.8 Å². The van der Waals surface area contributed by atoms with Crippen molar-refractivity contribution < 1.29 is 0 Å². The number of nitrogens with zero attached hydrogens (tertiary/aromatic N) is 1. The fourth-order valence-corrected chi connectivity index (χ4v) is 1.07. The average Bonchev–Trinajstić information content (AvgIpc) is 2.03. The predicted octanol–water partition coefficient (Wildman–Crippen LogP) is 2.68. The van der Waals surface area contributed by atoms with Crippen LogP contribution >= 0.6 is 0 Å². The monoisotopic (exact) mass is 163 g/mol. The van der Waals surface area contributed by atoms with Crippen LogP contribution in [0.1, 0.15) is 27.7 Å². The van der Waals surface area contributed by atoms with Crippen molar-refractivity contribution >= 4 is 5.71 Å². The van der Waals surface area contributed by atoms with Gasteiger partial charge in [0.05, 0.1) is 0 Å². The van der Waals surface area contributed by atoms with Crippen LogP contribution in [0.5, 0.6) is 0 Å². The lowest BCUT2D eigenvalue weighted by Crippen LogP contribution is -2.02. The third-order valence-corrected chi connectivity index (χ3v) is 2.01. The first-order chi connectivity index (χ1) is 5.54. The summed E-state index contributed by atoms with van der Waals surface area (Å²) in [5.74, 6) is 3.12. The zero-order valence-corrected chi connectivity index (χ0v) is 8.60. The second-order valence-electron chi connectivity index (χ2n) is 3.15. The molecule has 0 aliphatic carbocycles. The molecule has 0 unspecified atom stereocenters. The lowest BCUT2D eigenvalue weighted by atomic mass is 9.96. The Morgan fingerprint density at radius 1 is 1.33 bits per heavy atom. The SMILES string of the molecule is C#C/C(=C(/C)C(C)=NC)C(C)C. The van der Waals surface area contributed by atoms with Gasteiger partial charge in [-0.05, 0) is 25.3 Å². The molecule has 1 heteroatoms. The standard InChI is InChI=1S/C11H17N/c1-7-11(8(2)3)9(4)10(5)12-6/h1,8H,2-6H3/b11-9+,12-10?. The number of aliphatic imine (C=N–C) groups is 1. The Bertz CT molecular complexity index is 249. The molecule has 0 atom stereocenters. The topological polar surface area (TPSA) is 12.4 Å². The molecule has 0 aromatic heterocycles. The van der Waals surface area contributed by atoms with Crippen molar-refractivity contribution in [2.45, 2.75) is 27.7 Å². The van der Waals surface area contributed by atoms with Crippen molar-refractivity contribution in [1.29, 1.82) is 0 Å². The molecule has 0 N–H and O–H groups in total. The van der Waals surface area contributed by atoms with Gasteiger partial charge in [0.1, 0.15) is 0 Å². The van der Waals surface area contributed by atoms with Crippen LogP contribution < -0.4 is 0 Å². The van der Waals surface area contributed by atoms with Crippen LogP contribution in [-0.2, 0) is 0 Å². The second kappa shape index (κ2) is 4.77. The van der Waals surface area contributed by atoms with Gasteiger partial charge in [0.15, 0.2) is 0 Å². The van der Waals surface area contributed by atoms with E-state index in [2.05, 4.69) is 24.8 Å². The molecule has 0 aromatic carbocycles. The van der Waals surface area contributed by atoms with Crippen molar-refractivity contribution in [3.8, 4) is 12.3 Å². The van der Waals surface area contributed by atoms with Crippen LogP contribution in [0.25, 0.3) is 0 Å². The van der Waals surface area contributed by atoms with Gasteiger partial charge >= 0.3 is 0 Å². The molecule has 0 aromatic rings. The van der Waals surface area contributed by atoms with Gasteiger partial charge in [0.2, 0.25) is 0 Å². The van der Waals surface area contributed by atoms with Gasteiger partial charge in [0.25, 0.3) is 0 Å². The number of allylic oxidation sites excluding steroid dienone is 2. The zero-order chi connectivity index (χ0) is 9.72. The van der Waals surface area contributed by atoms with Crippen molar-refractivity contribution in [2.75, 3.05) is 7.05 Å². The molecule has 0 heterocycles. The van der Waals surface area contributed by atoms with E-state index in [0.29, 0.717) is 5.92 Å². The molecule has 0 aliphatic rings. The maximum absolute atomic E-state index is 5.40. The van der Waals surface area contributed by atoms with E-state index in [0.717, 1.165) is 16.9 Å². The molecular formula is C11H17N. The zero-order valence-electron chi connectivity index (χ0n) is 8.60. The summed E-state index contributed by atoms with van der Waals surface area (Å²) < 4.78 is 0. The lowest BCUT2D eigenvalue weighted by Gasteiger charge is -2.09. The summed E-state index contributed by atoms with van der Waals surface area (Å²) >= 11 is 0. The van der Waals surface area contributed by atoms with E-state index in [1.807, 2.05) is 13.8 Å². The van der Waals surface area contributed by atoms with Gasteiger partial charge < -0.3 is 0 Å². The summed E-state index contributed by atoms with van der Waals surface area (Å²) in [6.45, 7) is 8.20. The van der Waals surface area contributed by atoms with Gasteiger partial charge in [-0.2, -0.15) is 0 Å². The number of terminal acetylenes is 1. The molecule has 0 radical (unpaired) electrons. The van der Waals surface area contributed by atoms with E-state index < -0.39 is 0 Å². The van der Waals surface area contributed by atoms with E-state index in [1.165, 1.54) is 0 Å². The van der Waals surface area contributed by atoms with E-state index >= 15 is 0 Å². The first-order valence-electron chi connectivity index (χ1n) is 4.15. The maximum Gasteiger partial charge on any atom is 0.0352 e. The number of hydrogen-bond donors (Lipinski definition) is 0.